The number of H-pyrrole nitrogens is 1. The lowest BCUT2D eigenvalue weighted by atomic mass is 9.78. The summed E-state index contributed by atoms with van der Waals surface area (Å²) < 4.78 is 6.48. The quantitative estimate of drug-likeness (QED) is 0.108. The van der Waals surface area contributed by atoms with Gasteiger partial charge in [0, 0.05) is 30.8 Å². The van der Waals surface area contributed by atoms with E-state index in [2.05, 4.69) is 39.9 Å². The van der Waals surface area contributed by atoms with E-state index in [1.165, 1.54) is 5.56 Å². The number of nitrogens with one attached hydrogen (secondary N) is 3. The molecule has 10 rings (SSSR count). The number of oxazole rings is 1. The van der Waals surface area contributed by atoms with E-state index in [4.69, 9.17) is 14.4 Å². The van der Waals surface area contributed by atoms with Gasteiger partial charge < -0.3 is 29.8 Å². The van der Waals surface area contributed by atoms with E-state index in [1.54, 1.807) is 0 Å². The normalized spacial score (nSPS) is 23.5. The van der Waals surface area contributed by atoms with Gasteiger partial charge in [0.1, 0.15) is 29.7 Å². The van der Waals surface area contributed by atoms with Crippen molar-refractivity contribution >= 4 is 23.6 Å². The number of hydrogen-bond donors (Lipinski definition) is 3. The molecular formula is C50H55N7O5. The zero-order valence-corrected chi connectivity index (χ0v) is 35.1. The third kappa shape index (κ3) is 8.43. The largest absolute Gasteiger partial charge is 0.443 e. The van der Waals surface area contributed by atoms with Gasteiger partial charge in [-0.2, -0.15) is 0 Å². The number of carbonyl (C=O) groups is 4. The predicted molar refractivity (Wildman–Crippen MR) is 232 cm³/mol. The lowest BCUT2D eigenvalue weighted by Crippen LogP contribution is -2.43. The second kappa shape index (κ2) is 17.4. The van der Waals surface area contributed by atoms with Crippen LogP contribution in [-0.2, 0) is 19.2 Å². The topological polar surface area (TPSA) is 154 Å². The van der Waals surface area contributed by atoms with Gasteiger partial charge in [0.25, 0.3) is 0 Å². The molecule has 3 saturated carbocycles. The van der Waals surface area contributed by atoms with Crippen LogP contribution in [-0.4, -0.2) is 61.5 Å². The van der Waals surface area contributed by atoms with Crippen LogP contribution in [0.2, 0.25) is 0 Å². The number of benzene rings is 3. The van der Waals surface area contributed by atoms with Crippen LogP contribution in [0.25, 0.3) is 11.3 Å². The van der Waals surface area contributed by atoms with Crippen molar-refractivity contribution in [2.24, 2.45) is 11.8 Å². The van der Waals surface area contributed by atoms with Crippen LogP contribution in [0.15, 0.2) is 102 Å². The molecule has 12 nitrogen and oxygen atoms in total. The summed E-state index contributed by atoms with van der Waals surface area (Å²) in [6.07, 6.45) is 14.6. The number of hydrogen-bond acceptors (Lipinski definition) is 7. The first-order valence-corrected chi connectivity index (χ1v) is 22.8. The Morgan fingerprint density at radius 2 is 1.13 bits per heavy atom. The molecule has 2 saturated heterocycles. The highest BCUT2D eigenvalue weighted by atomic mass is 16.4. The average molecular weight is 834 g/mol. The van der Waals surface area contributed by atoms with Gasteiger partial charge in [-0.05, 0) is 105 Å². The maximum Gasteiger partial charge on any atom is 0.250 e. The minimum absolute atomic E-state index is 0.00592. The van der Waals surface area contributed by atoms with Crippen LogP contribution < -0.4 is 10.6 Å². The molecule has 5 aliphatic rings. The van der Waals surface area contributed by atoms with Crippen molar-refractivity contribution in [3.8, 4) is 11.3 Å². The Morgan fingerprint density at radius 3 is 1.69 bits per heavy atom. The molecule has 0 radical (unpaired) electrons. The summed E-state index contributed by atoms with van der Waals surface area (Å²) in [5, 5.41) is 6.11. The van der Waals surface area contributed by atoms with E-state index in [9.17, 15) is 19.2 Å². The number of aromatic nitrogens is 3. The number of amides is 4. The molecule has 12 heteroatoms. The van der Waals surface area contributed by atoms with Crippen molar-refractivity contribution in [2.45, 2.75) is 113 Å². The molecule has 62 heavy (non-hydrogen) atoms. The number of rotatable bonds is 13. The summed E-state index contributed by atoms with van der Waals surface area (Å²) in [5.41, 5.74) is 4.87. The molecular weight excluding hydrogens is 779 g/mol. The molecule has 3 aliphatic carbocycles. The van der Waals surface area contributed by atoms with Crippen LogP contribution >= 0.6 is 0 Å². The van der Waals surface area contributed by atoms with Gasteiger partial charge in [-0.1, -0.05) is 84.9 Å². The van der Waals surface area contributed by atoms with E-state index in [-0.39, 0.29) is 53.5 Å². The molecule has 5 fully saturated rings. The van der Waals surface area contributed by atoms with E-state index < -0.39 is 12.1 Å². The second-order valence-electron chi connectivity index (χ2n) is 18.1. The minimum Gasteiger partial charge on any atom is -0.443 e. The first-order valence-electron chi connectivity index (χ1n) is 22.8. The first-order chi connectivity index (χ1) is 30.4. The van der Waals surface area contributed by atoms with E-state index in [0.717, 1.165) is 111 Å². The summed E-state index contributed by atoms with van der Waals surface area (Å²) in [5.74, 6) is 2.69. The van der Waals surface area contributed by atoms with Crippen LogP contribution in [0, 0.1) is 11.8 Å². The van der Waals surface area contributed by atoms with Crippen molar-refractivity contribution < 1.29 is 23.6 Å². The summed E-state index contributed by atoms with van der Waals surface area (Å²) in [7, 11) is 0. The molecule has 4 amide bonds. The van der Waals surface area contributed by atoms with Crippen LogP contribution in [0.3, 0.4) is 0 Å². The Labute approximate surface area is 362 Å². The standard InChI is InChI=1S/C50H55N7O5/c58-46(37-23-24-37)54-43(35-9-3-1-4-10-35)49(60)56-27-7-13-40(56)45-51-29-39(53-45)33-19-15-31(16-20-33)32-17-21-34(22-18-32)42-30-52-48(62-42)41-14-8-28-57(41)50(61)44(36-11-5-2-6-12-36)55-47(59)38-25-26-38/h1-6,9-12,15-16,19-20,29-30,32,34,37-38,40-41,43-44H,7-8,13-14,17-18,21-28H2,(H,51,53)(H,54,58)(H,55,59)/t32?,34?,40-,41-,43+,44+/m0/s1. The van der Waals surface area contributed by atoms with Crippen molar-refractivity contribution in [1.82, 2.24) is 35.4 Å². The van der Waals surface area contributed by atoms with Gasteiger partial charge in [-0.15, -0.1) is 0 Å². The fourth-order valence-corrected chi connectivity index (χ4v) is 9.95. The molecule has 4 heterocycles. The van der Waals surface area contributed by atoms with Crippen LogP contribution in [0.1, 0.15) is 147 Å². The van der Waals surface area contributed by atoms with Crippen LogP contribution in [0.5, 0.6) is 0 Å². The van der Waals surface area contributed by atoms with Crippen molar-refractivity contribution in [3.63, 3.8) is 0 Å². The zero-order valence-electron chi connectivity index (χ0n) is 35.1. The maximum absolute atomic E-state index is 14.1. The predicted octanol–water partition coefficient (Wildman–Crippen LogP) is 8.37. The SMILES string of the molecule is O=C(N[C@@H](C(=O)N1CCC[C@H]1c1ncc(-c2ccc(C3CCC(c4cnc([C@@H]5CCCN5C(=O)[C@H](NC(=O)C5CC5)c5ccccc5)o4)CC3)cc2)[nH]1)c1ccccc1)C1CC1. The number of carbonyl (C=O) groups excluding carboxylic acids is 4. The summed E-state index contributed by atoms with van der Waals surface area (Å²) in [4.78, 5) is 70.7. The lowest BCUT2D eigenvalue weighted by molar-refractivity contribution is -0.138. The Hall–Kier alpha value is -6.04. The molecule has 0 bridgehead atoms. The molecule has 5 aromatic rings. The van der Waals surface area contributed by atoms with Crippen molar-refractivity contribution in [3.05, 3.63) is 131 Å². The highest BCUT2D eigenvalue weighted by Crippen LogP contribution is 2.43. The first kappa shape index (κ1) is 40.1. The Morgan fingerprint density at radius 1 is 0.597 bits per heavy atom. The summed E-state index contributed by atoms with van der Waals surface area (Å²) in [6.45, 7) is 1.22. The third-order valence-electron chi connectivity index (χ3n) is 13.9. The molecule has 3 N–H and O–H groups in total. The monoisotopic (exact) mass is 833 g/mol. The smallest absolute Gasteiger partial charge is 0.250 e. The number of imidazole rings is 1. The Kier molecular flexibility index (Phi) is 11.2. The third-order valence-corrected chi connectivity index (χ3v) is 13.9. The zero-order chi connectivity index (χ0) is 42.2. The Bertz CT molecular complexity index is 2380. The van der Waals surface area contributed by atoms with Gasteiger partial charge in [0.05, 0.1) is 24.1 Å². The van der Waals surface area contributed by atoms with E-state index in [1.807, 2.05) is 82.9 Å². The molecule has 2 aliphatic heterocycles. The lowest BCUT2D eigenvalue weighted by Gasteiger charge is -2.29. The summed E-state index contributed by atoms with van der Waals surface area (Å²) in [6, 6.07) is 26.0. The fourth-order valence-electron chi connectivity index (χ4n) is 9.95. The van der Waals surface area contributed by atoms with Gasteiger partial charge in [0.2, 0.25) is 29.5 Å². The summed E-state index contributed by atoms with van der Waals surface area (Å²) >= 11 is 0. The van der Waals surface area contributed by atoms with Crippen molar-refractivity contribution in [2.75, 3.05) is 13.1 Å². The minimum atomic E-state index is -0.729. The Balaban J connectivity index is 0.756. The van der Waals surface area contributed by atoms with Gasteiger partial charge >= 0.3 is 0 Å². The fraction of sp³-hybridized carbons (Fsp3) is 0.440. The van der Waals surface area contributed by atoms with Crippen LogP contribution in [0.4, 0.5) is 0 Å². The van der Waals surface area contributed by atoms with Crippen molar-refractivity contribution in [1.29, 1.82) is 0 Å². The number of aromatic amines is 1. The van der Waals surface area contributed by atoms with Gasteiger partial charge in [-0.25, -0.2) is 9.97 Å². The number of nitrogens with zero attached hydrogens (tertiary/aromatic N) is 4. The van der Waals surface area contributed by atoms with Gasteiger partial charge in [0.15, 0.2) is 0 Å². The molecule has 320 valence electrons. The average Bonchev–Trinajstić information content (AvgIpc) is 4.07. The van der Waals surface area contributed by atoms with Gasteiger partial charge in [-0.3, -0.25) is 19.2 Å². The highest BCUT2D eigenvalue weighted by molar-refractivity contribution is 5.91. The molecule has 0 spiro atoms. The molecule has 3 aromatic carbocycles. The molecule has 2 aromatic heterocycles. The molecule has 0 unspecified atom stereocenters. The highest BCUT2D eigenvalue weighted by Gasteiger charge is 2.41. The second-order valence-corrected chi connectivity index (χ2v) is 18.1. The van der Waals surface area contributed by atoms with E-state index >= 15 is 0 Å². The molecule has 4 atom stereocenters. The number of likely N-dealkylation sites (tertiary alicyclic amines) is 2. The van der Waals surface area contributed by atoms with E-state index in [0.29, 0.717) is 24.9 Å². The maximum atomic E-state index is 14.1.